The second kappa shape index (κ2) is 6.47. The zero-order valence-corrected chi connectivity index (χ0v) is 11.8. The Morgan fingerprint density at radius 2 is 2.25 bits per heavy atom. The van der Waals surface area contributed by atoms with Gasteiger partial charge in [0.05, 0.1) is 0 Å². The monoisotopic (exact) mass is 279 g/mol. The van der Waals surface area contributed by atoms with Crippen molar-refractivity contribution in [2.24, 2.45) is 0 Å². The maximum absolute atomic E-state index is 13.4. The minimum absolute atomic E-state index is 0.0719. The largest absolute Gasteiger partial charge is 0.485 e. The molecular weight excluding hydrogens is 261 g/mol. The van der Waals surface area contributed by atoms with Crippen LogP contribution in [-0.4, -0.2) is 16.7 Å². The molecule has 0 saturated heterocycles. The average Bonchev–Trinajstić information content (AvgIpc) is 2.82. The van der Waals surface area contributed by atoms with Crippen LogP contribution in [0.2, 0.25) is 0 Å². The van der Waals surface area contributed by atoms with Crippen molar-refractivity contribution in [3.63, 3.8) is 0 Å². The molecule has 20 heavy (non-hydrogen) atoms. The Hall–Kier alpha value is -1.95. The summed E-state index contributed by atoms with van der Waals surface area (Å²) >= 11 is 0. The lowest BCUT2D eigenvalue weighted by molar-refractivity contribution is 0.279. The van der Waals surface area contributed by atoms with Gasteiger partial charge in [0, 0.05) is 24.6 Å². The first-order valence-electron chi connectivity index (χ1n) is 6.55. The van der Waals surface area contributed by atoms with E-state index in [1.807, 2.05) is 13.8 Å². The van der Waals surface area contributed by atoms with E-state index in [9.17, 15) is 4.39 Å². The number of rotatable bonds is 6. The summed E-state index contributed by atoms with van der Waals surface area (Å²) in [5.74, 6) is 1.07. The fraction of sp³-hybridized carbons (Fsp3) is 0.429. The smallest absolute Gasteiger partial charge is 0.223 e. The first-order valence-corrected chi connectivity index (χ1v) is 6.55. The molecule has 0 radical (unpaired) electrons. The highest BCUT2D eigenvalue weighted by atomic mass is 19.1. The molecule has 0 aliphatic heterocycles. The van der Waals surface area contributed by atoms with Crippen LogP contribution in [0.15, 0.2) is 22.7 Å². The zero-order chi connectivity index (χ0) is 14.5. The Morgan fingerprint density at radius 3 is 2.90 bits per heavy atom. The molecule has 1 heterocycles. The Kier molecular flexibility index (Phi) is 4.68. The highest BCUT2D eigenvalue weighted by Crippen LogP contribution is 2.26. The van der Waals surface area contributed by atoms with E-state index in [2.05, 4.69) is 15.5 Å². The third-order valence-electron chi connectivity index (χ3n) is 2.88. The number of aryl methyl sites for hydroxylation is 1. The van der Waals surface area contributed by atoms with Gasteiger partial charge in [-0.05, 0) is 19.5 Å². The molecule has 6 heteroatoms. The Morgan fingerprint density at radius 1 is 1.45 bits per heavy atom. The number of hydrogen-bond acceptors (Lipinski definition) is 5. The van der Waals surface area contributed by atoms with E-state index in [4.69, 9.17) is 9.26 Å². The second-order valence-electron chi connectivity index (χ2n) is 4.48. The summed E-state index contributed by atoms with van der Waals surface area (Å²) in [5, 5.41) is 7.02. The van der Waals surface area contributed by atoms with Gasteiger partial charge in [0.2, 0.25) is 11.7 Å². The number of ether oxygens (including phenoxy) is 1. The number of aromatic nitrogens is 2. The lowest BCUT2D eigenvalue weighted by Gasteiger charge is -2.17. The highest BCUT2D eigenvalue weighted by Gasteiger charge is 2.13. The fourth-order valence-corrected chi connectivity index (χ4v) is 1.95. The summed E-state index contributed by atoms with van der Waals surface area (Å²) in [7, 11) is 0. The van der Waals surface area contributed by atoms with Crippen molar-refractivity contribution in [2.45, 2.75) is 33.4 Å². The molecule has 0 fully saturated rings. The van der Waals surface area contributed by atoms with Gasteiger partial charge >= 0.3 is 0 Å². The summed E-state index contributed by atoms with van der Waals surface area (Å²) in [6, 6.07) is 4.59. The number of benzene rings is 1. The van der Waals surface area contributed by atoms with Crippen molar-refractivity contribution >= 4 is 0 Å². The molecule has 0 bridgehead atoms. The minimum Gasteiger partial charge on any atom is -0.485 e. The van der Waals surface area contributed by atoms with E-state index in [-0.39, 0.29) is 18.5 Å². The molecule has 0 amide bonds. The predicted octanol–water partition coefficient (Wildman–Crippen LogP) is 2.77. The SMILES string of the molecule is CCNC(C)c1ccc(F)cc1OCc1noc(C)n1. The summed E-state index contributed by atoms with van der Waals surface area (Å²) in [6.07, 6.45) is 0. The molecular formula is C14H18FN3O2. The van der Waals surface area contributed by atoms with Crippen LogP contribution >= 0.6 is 0 Å². The summed E-state index contributed by atoms with van der Waals surface area (Å²) in [5.41, 5.74) is 0.897. The molecule has 0 aliphatic carbocycles. The maximum atomic E-state index is 13.4. The Balaban J connectivity index is 2.14. The van der Waals surface area contributed by atoms with Gasteiger partial charge in [0.1, 0.15) is 11.6 Å². The predicted molar refractivity (Wildman–Crippen MR) is 71.9 cm³/mol. The van der Waals surface area contributed by atoms with Crippen LogP contribution in [0.4, 0.5) is 4.39 Å². The molecule has 0 saturated carbocycles. The molecule has 1 aromatic carbocycles. The molecule has 1 unspecified atom stereocenters. The third-order valence-corrected chi connectivity index (χ3v) is 2.88. The summed E-state index contributed by atoms with van der Waals surface area (Å²) in [4.78, 5) is 4.05. The highest BCUT2D eigenvalue weighted by molar-refractivity contribution is 5.36. The number of halogens is 1. The van der Waals surface area contributed by atoms with Gasteiger partial charge in [-0.25, -0.2) is 4.39 Å². The van der Waals surface area contributed by atoms with Crippen molar-refractivity contribution in [2.75, 3.05) is 6.54 Å². The average molecular weight is 279 g/mol. The van der Waals surface area contributed by atoms with Crippen LogP contribution in [0.3, 0.4) is 0 Å². The van der Waals surface area contributed by atoms with Gasteiger partial charge in [-0.2, -0.15) is 4.98 Å². The topological polar surface area (TPSA) is 60.2 Å². The van der Waals surface area contributed by atoms with Crippen LogP contribution in [0.5, 0.6) is 5.75 Å². The lowest BCUT2D eigenvalue weighted by Crippen LogP contribution is -2.18. The van der Waals surface area contributed by atoms with Crippen LogP contribution in [0.1, 0.15) is 37.2 Å². The number of nitrogens with zero attached hydrogens (tertiary/aromatic N) is 2. The van der Waals surface area contributed by atoms with E-state index in [0.29, 0.717) is 17.5 Å². The molecule has 0 spiro atoms. The molecule has 1 atom stereocenters. The normalized spacial score (nSPS) is 12.4. The number of hydrogen-bond donors (Lipinski definition) is 1. The number of nitrogens with one attached hydrogen (secondary N) is 1. The molecule has 1 N–H and O–H groups in total. The molecule has 108 valence electrons. The Bertz CT molecular complexity index is 571. The lowest BCUT2D eigenvalue weighted by atomic mass is 10.1. The van der Waals surface area contributed by atoms with Crippen LogP contribution in [-0.2, 0) is 6.61 Å². The molecule has 2 rings (SSSR count). The minimum atomic E-state index is -0.336. The van der Waals surface area contributed by atoms with E-state index in [1.54, 1.807) is 13.0 Å². The molecule has 5 nitrogen and oxygen atoms in total. The second-order valence-corrected chi connectivity index (χ2v) is 4.48. The van der Waals surface area contributed by atoms with Gasteiger partial charge in [-0.15, -0.1) is 0 Å². The van der Waals surface area contributed by atoms with Gasteiger partial charge in [0.25, 0.3) is 0 Å². The Labute approximate surface area is 117 Å². The van der Waals surface area contributed by atoms with Crippen molar-refractivity contribution in [1.82, 2.24) is 15.5 Å². The van der Waals surface area contributed by atoms with Crippen molar-refractivity contribution in [3.05, 3.63) is 41.3 Å². The first kappa shape index (κ1) is 14.5. The van der Waals surface area contributed by atoms with Gasteiger partial charge in [0.15, 0.2) is 6.61 Å². The van der Waals surface area contributed by atoms with E-state index in [0.717, 1.165) is 12.1 Å². The van der Waals surface area contributed by atoms with Crippen LogP contribution < -0.4 is 10.1 Å². The summed E-state index contributed by atoms with van der Waals surface area (Å²) in [6.45, 7) is 6.69. The zero-order valence-electron chi connectivity index (χ0n) is 11.8. The van der Waals surface area contributed by atoms with Gasteiger partial charge in [-0.3, -0.25) is 0 Å². The molecule has 2 aromatic rings. The van der Waals surface area contributed by atoms with Crippen molar-refractivity contribution < 1.29 is 13.7 Å². The summed E-state index contributed by atoms with van der Waals surface area (Å²) < 4.78 is 23.9. The van der Waals surface area contributed by atoms with E-state index >= 15 is 0 Å². The van der Waals surface area contributed by atoms with Crippen LogP contribution in [0, 0.1) is 12.7 Å². The van der Waals surface area contributed by atoms with Gasteiger partial charge in [-0.1, -0.05) is 18.1 Å². The van der Waals surface area contributed by atoms with Gasteiger partial charge < -0.3 is 14.6 Å². The van der Waals surface area contributed by atoms with Crippen molar-refractivity contribution in [1.29, 1.82) is 0 Å². The molecule has 1 aromatic heterocycles. The standard InChI is InChI=1S/C14H18FN3O2/c1-4-16-9(2)12-6-5-11(15)7-13(12)19-8-14-17-10(3)20-18-14/h5-7,9,16H,4,8H2,1-3H3. The molecule has 0 aliphatic rings. The van der Waals surface area contributed by atoms with Crippen molar-refractivity contribution in [3.8, 4) is 5.75 Å². The van der Waals surface area contributed by atoms with E-state index in [1.165, 1.54) is 12.1 Å². The maximum Gasteiger partial charge on any atom is 0.223 e. The fourth-order valence-electron chi connectivity index (χ4n) is 1.95. The van der Waals surface area contributed by atoms with E-state index < -0.39 is 0 Å². The van der Waals surface area contributed by atoms with Crippen LogP contribution in [0.25, 0.3) is 0 Å². The quantitative estimate of drug-likeness (QED) is 0.881. The first-order chi connectivity index (χ1) is 9.60. The third kappa shape index (κ3) is 3.54.